The minimum atomic E-state index is -0.461. The molecule has 1 aromatic carbocycles. The zero-order valence-electron chi connectivity index (χ0n) is 19.6. The number of para-hydroxylation sites is 1. The van der Waals surface area contributed by atoms with Gasteiger partial charge in [-0.2, -0.15) is 0 Å². The summed E-state index contributed by atoms with van der Waals surface area (Å²) in [5.74, 6) is 0.977. The van der Waals surface area contributed by atoms with Crippen LogP contribution in [0.5, 0.6) is 0 Å². The van der Waals surface area contributed by atoms with Crippen LogP contribution in [-0.4, -0.2) is 60.5 Å². The van der Waals surface area contributed by atoms with Crippen LogP contribution in [0.25, 0.3) is 0 Å². The molecule has 3 heterocycles. The van der Waals surface area contributed by atoms with Crippen LogP contribution in [0.3, 0.4) is 0 Å². The number of rotatable bonds is 4. The maximum atomic E-state index is 13.9. The Kier molecular flexibility index (Phi) is 5.54. The number of likely N-dealkylation sites (tertiary alicyclic amines) is 1. The summed E-state index contributed by atoms with van der Waals surface area (Å²) in [6.45, 7) is 8.45. The van der Waals surface area contributed by atoms with Crippen LogP contribution in [0.2, 0.25) is 0 Å². The van der Waals surface area contributed by atoms with Gasteiger partial charge in [0.25, 0.3) is 5.91 Å². The Balaban J connectivity index is 1.35. The number of hydrogen-bond acceptors (Lipinski definition) is 4. The zero-order valence-corrected chi connectivity index (χ0v) is 19.6. The van der Waals surface area contributed by atoms with E-state index in [0.29, 0.717) is 6.04 Å². The van der Waals surface area contributed by atoms with Crippen LogP contribution < -0.4 is 10.4 Å². The maximum Gasteiger partial charge on any atom is 0.260 e. The predicted molar refractivity (Wildman–Crippen MR) is 126 cm³/mol. The summed E-state index contributed by atoms with van der Waals surface area (Å²) in [7, 11) is 2.18. The fraction of sp³-hybridized carbons (Fsp3) is 0.692. The van der Waals surface area contributed by atoms with Crippen molar-refractivity contribution in [3.8, 4) is 0 Å². The number of likely N-dealkylation sites (N-methyl/N-ethyl adjacent to an activating group) is 1. The molecule has 3 fully saturated rings. The topological polar surface area (TPSA) is 38.8 Å². The number of carbonyl (C=O) groups excluding carboxylic acids is 1. The molecule has 169 valence electrons. The van der Waals surface area contributed by atoms with Gasteiger partial charge in [0, 0.05) is 37.6 Å². The third-order valence-corrected chi connectivity index (χ3v) is 8.48. The van der Waals surface area contributed by atoms with Gasteiger partial charge in [-0.15, -0.1) is 0 Å². The van der Waals surface area contributed by atoms with Gasteiger partial charge in [0.05, 0.1) is 5.69 Å². The lowest BCUT2D eigenvalue weighted by Crippen LogP contribution is -2.73. The molecule has 1 amide bonds. The van der Waals surface area contributed by atoms with Gasteiger partial charge >= 0.3 is 0 Å². The number of hydrazine groups is 1. The summed E-state index contributed by atoms with van der Waals surface area (Å²) in [5.41, 5.74) is 5.40. The van der Waals surface area contributed by atoms with E-state index in [2.05, 4.69) is 71.8 Å². The predicted octanol–water partition coefficient (Wildman–Crippen LogP) is 3.75. The van der Waals surface area contributed by atoms with Crippen molar-refractivity contribution in [3.63, 3.8) is 0 Å². The molecule has 31 heavy (non-hydrogen) atoms. The third-order valence-electron chi connectivity index (χ3n) is 8.48. The Morgan fingerprint density at radius 3 is 2.71 bits per heavy atom. The van der Waals surface area contributed by atoms with Crippen molar-refractivity contribution >= 4 is 11.6 Å². The van der Waals surface area contributed by atoms with Crippen molar-refractivity contribution in [1.29, 1.82) is 0 Å². The van der Waals surface area contributed by atoms with E-state index in [1.54, 1.807) is 0 Å². The smallest absolute Gasteiger partial charge is 0.260 e. The van der Waals surface area contributed by atoms with Crippen LogP contribution in [0.1, 0.15) is 64.4 Å². The van der Waals surface area contributed by atoms with Crippen molar-refractivity contribution in [3.05, 3.63) is 36.2 Å². The van der Waals surface area contributed by atoms with Gasteiger partial charge in [-0.1, -0.05) is 51.3 Å². The normalized spacial score (nSPS) is 31.5. The molecule has 1 aliphatic carbocycles. The number of benzene rings is 1. The highest BCUT2D eigenvalue weighted by Gasteiger charge is 2.52. The highest BCUT2D eigenvalue weighted by atomic mass is 16.2. The Labute approximate surface area is 188 Å². The molecule has 1 aromatic rings. The molecule has 1 radical (unpaired) electrons. The van der Waals surface area contributed by atoms with Gasteiger partial charge in [-0.3, -0.25) is 25.0 Å². The van der Waals surface area contributed by atoms with Crippen LogP contribution >= 0.6 is 0 Å². The van der Waals surface area contributed by atoms with E-state index in [9.17, 15) is 4.79 Å². The second-order valence-corrected chi connectivity index (χ2v) is 11.2. The van der Waals surface area contributed by atoms with Crippen molar-refractivity contribution < 1.29 is 4.79 Å². The first-order chi connectivity index (χ1) is 14.9. The molecule has 1 saturated carbocycles. The van der Waals surface area contributed by atoms with Gasteiger partial charge in [-0.25, -0.2) is 0 Å². The lowest BCUT2D eigenvalue weighted by atomic mass is 9.78. The quantitative estimate of drug-likeness (QED) is 0.801. The molecule has 5 nitrogen and oxygen atoms in total. The van der Waals surface area contributed by atoms with E-state index in [1.165, 1.54) is 44.2 Å². The van der Waals surface area contributed by atoms with E-state index in [1.807, 2.05) is 0 Å². The van der Waals surface area contributed by atoms with E-state index in [-0.39, 0.29) is 11.3 Å². The monoisotopic (exact) mass is 423 g/mol. The summed E-state index contributed by atoms with van der Waals surface area (Å²) >= 11 is 0. The lowest BCUT2D eigenvalue weighted by Gasteiger charge is -2.56. The number of hydrogen-bond donors (Lipinski definition) is 1. The molecule has 1 N–H and O–H groups in total. The molecule has 4 aliphatic rings. The fourth-order valence-corrected chi connectivity index (χ4v) is 6.64. The zero-order chi connectivity index (χ0) is 21.6. The average molecular weight is 424 g/mol. The van der Waals surface area contributed by atoms with E-state index in [4.69, 9.17) is 0 Å². The summed E-state index contributed by atoms with van der Waals surface area (Å²) in [5, 5.41) is 2.10. The second kappa shape index (κ2) is 8.08. The Morgan fingerprint density at radius 1 is 1.13 bits per heavy atom. The molecule has 0 aromatic heterocycles. The van der Waals surface area contributed by atoms with E-state index >= 15 is 0 Å². The average Bonchev–Trinajstić information content (AvgIpc) is 3.00. The first-order valence-corrected chi connectivity index (χ1v) is 12.3. The molecule has 2 unspecified atom stereocenters. The van der Waals surface area contributed by atoms with Crippen LogP contribution in [0, 0.1) is 12.3 Å². The first-order valence-electron chi connectivity index (χ1n) is 12.3. The van der Waals surface area contributed by atoms with Crippen LogP contribution in [-0.2, 0) is 10.2 Å². The van der Waals surface area contributed by atoms with Crippen molar-refractivity contribution in [2.45, 2.75) is 75.8 Å². The Morgan fingerprint density at radius 2 is 1.90 bits per heavy atom. The molecule has 3 aliphatic heterocycles. The van der Waals surface area contributed by atoms with Gasteiger partial charge in [0.2, 0.25) is 0 Å². The molecule has 2 atom stereocenters. The fourth-order valence-electron chi connectivity index (χ4n) is 6.64. The van der Waals surface area contributed by atoms with Gasteiger partial charge in [0.1, 0.15) is 5.54 Å². The third kappa shape index (κ3) is 3.78. The van der Waals surface area contributed by atoms with Gasteiger partial charge < -0.3 is 0 Å². The number of nitrogens with zero attached hydrogens (tertiary/aromatic N) is 3. The lowest BCUT2D eigenvalue weighted by molar-refractivity contribution is -0.144. The number of amides is 1. The molecular formula is C26H39N4O. The number of piperidine rings is 1. The van der Waals surface area contributed by atoms with Crippen molar-refractivity contribution in [1.82, 2.24) is 15.2 Å². The SMILES string of the molecule is CN1C2C[CH]CC1(C(=O)NN1CC(C)(C)c3ccccc31)CN(CC1CCCCC1)C2. The number of nitrogens with one attached hydrogen (secondary N) is 1. The maximum absolute atomic E-state index is 13.9. The first kappa shape index (κ1) is 21.3. The standard InChI is InChI=1S/C26H39N4O/c1-25(2)18-30(23-14-8-7-13-22(23)25)27-24(31)26-15-9-12-21(28(26)3)17-29(19-26)16-20-10-5-4-6-11-20/h7-9,13-14,20-21H,4-6,10-12,15-19H2,1-3H3,(H,27,31). The molecule has 0 spiro atoms. The molecule has 5 heteroatoms. The minimum absolute atomic E-state index is 0.0360. The number of piperazine rings is 1. The summed E-state index contributed by atoms with van der Waals surface area (Å²) in [6.07, 6.45) is 11.2. The minimum Gasteiger partial charge on any atom is -0.299 e. The Bertz CT molecular complexity index is 817. The largest absolute Gasteiger partial charge is 0.299 e. The van der Waals surface area contributed by atoms with Crippen molar-refractivity contribution in [2.24, 2.45) is 5.92 Å². The highest BCUT2D eigenvalue weighted by Crippen LogP contribution is 2.41. The summed E-state index contributed by atoms with van der Waals surface area (Å²) in [4.78, 5) is 18.9. The molecule has 5 rings (SSSR count). The molecule has 2 bridgehead atoms. The van der Waals surface area contributed by atoms with Gasteiger partial charge in [0.15, 0.2) is 0 Å². The second-order valence-electron chi connectivity index (χ2n) is 11.2. The summed E-state index contributed by atoms with van der Waals surface area (Å²) in [6, 6.07) is 8.95. The van der Waals surface area contributed by atoms with Crippen LogP contribution in [0.4, 0.5) is 5.69 Å². The van der Waals surface area contributed by atoms with Crippen LogP contribution in [0.15, 0.2) is 24.3 Å². The molecule has 2 saturated heterocycles. The highest BCUT2D eigenvalue weighted by molar-refractivity contribution is 5.89. The number of carbonyl (C=O) groups is 1. The van der Waals surface area contributed by atoms with E-state index < -0.39 is 5.54 Å². The molecular weight excluding hydrogens is 384 g/mol. The van der Waals surface area contributed by atoms with Crippen molar-refractivity contribution in [2.75, 3.05) is 38.2 Å². The number of fused-ring (bicyclic) bond motifs is 3. The summed E-state index contributed by atoms with van der Waals surface area (Å²) < 4.78 is 0. The Hall–Kier alpha value is -1.59. The van der Waals surface area contributed by atoms with E-state index in [0.717, 1.165) is 44.1 Å². The number of anilines is 1. The van der Waals surface area contributed by atoms with Gasteiger partial charge in [-0.05, 0) is 56.7 Å².